The van der Waals surface area contributed by atoms with E-state index in [1.54, 1.807) is 53.9 Å². The molecule has 4 heterocycles. The van der Waals surface area contributed by atoms with Crippen LogP contribution >= 0.6 is 11.3 Å². The minimum absolute atomic E-state index is 0.0266. The van der Waals surface area contributed by atoms with Crippen LogP contribution in [0.1, 0.15) is 86.6 Å². The molecule has 1 atom stereocenters. The van der Waals surface area contributed by atoms with Gasteiger partial charge in [-0.25, -0.2) is 8.42 Å². The molecule has 61 heavy (non-hydrogen) atoms. The fourth-order valence-electron chi connectivity index (χ4n) is 7.50. The number of hydrogen-bond acceptors (Lipinski definition) is 10. The number of sulfonamides is 1. The molecule has 0 aliphatic carbocycles. The second kappa shape index (κ2) is 16.3. The molecule has 3 N–H and O–H groups in total. The zero-order valence-corrected chi connectivity index (χ0v) is 36.0. The number of anilines is 1. The number of hydrogen-bond donors (Lipinski definition) is 3. The Morgan fingerprint density at radius 2 is 1.59 bits per heavy atom. The van der Waals surface area contributed by atoms with Gasteiger partial charge in [-0.05, 0) is 99.7 Å². The number of carbonyl (C=O) groups is 2. The van der Waals surface area contributed by atoms with Gasteiger partial charge in [0.15, 0.2) is 5.82 Å². The van der Waals surface area contributed by atoms with Crippen LogP contribution in [0.3, 0.4) is 0 Å². The number of carbonyl (C=O) groups excluding carboxylic acids is 2. The number of esters is 1. The molecule has 3 aromatic heterocycles. The van der Waals surface area contributed by atoms with E-state index in [9.17, 15) is 23.3 Å². The van der Waals surface area contributed by atoms with Crippen LogP contribution in [0.5, 0.6) is 0 Å². The van der Waals surface area contributed by atoms with Crippen LogP contribution in [0.4, 0.5) is 5.69 Å². The highest BCUT2D eigenvalue weighted by atomic mass is 32.2. The molecule has 308 valence electrons. The normalized spacial score (nSPS) is 13.5. The van der Waals surface area contributed by atoms with Crippen molar-refractivity contribution in [3.05, 3.63) is 147 Å². The maximum atomic E-state index is 13.3. The minimum Gasteiger partial charge on any atom is -0.463 e. The maximum absolute atomic E-state index is 13.3. The summed E-state index contributed by atoms with van der Waals surface area (Å²) < 4.78 is 36.7. The lowest BCUT2D eigenvalue weighted by Gasteiger charge is -2.14. The Morgan fingerprint density at radius 3 is 2.26 bits per heavy atom. The van der Waals surface area contributed by atoms with E-state index >= 15 is 0 Å². The van der Waals surface area contributed by atoms with Crippen molar-refractivity contribution in [1.82, 2.24) is 25.1 Å². The highest BCUT2D eigenvalue weighted by Gasteiger charge is 2.33. The minimum atomic E-state index is -3.94. The summed E-state index contributed by atoms with van der Waals surface area (Å²) in [5, 5.41) is 22.8. The molecule has 7 aromatic rings. The number of thiophene rings is 1. The first-order valence-corrected chi connectivity index (χ1v) is 21.9. The average molecular weight is 851 g/mol. The van der Waals surface area contributed by atoms with Crippen molar-refractivity contribution in [3.8, 4) is 22.2 Å². The molecular weight excluding hydrogens is 809 g/mol. The fraction of sp³-hybridized carbons (Fsp3) is 0.217. The third-order valence-corrected chi connectivity index (χ3v) is 13.3. The number of nitrogens with one attached hydrogen (secondary N) is 3. The number of benzene rings is 4. The van der Waals surface area contributed by atoms with Crippen molar-refractivity contribution in [2.24, 2.45) is 4.99 Å². The monoisotopic (exact) mass is 850 g/mol. The van der Waals surface area contributed by atoms with Crippen molar-refractivity contribution in [2.75, 3.05) is 4.72 Å². The van der Waals surface area contributed by atoms with Crippen LogP contribution in [-0.2, 0) is 26.1 Å². The first-order chi connectivity index (χ1) is 29.2. The standard InChI is InChI=1S/C46H42N8O5S2/c1-25(2)59-39(55)21-38-44-52-51-29(6)54(44)46-41(27(4)28(5)60-46)42(50-38)33-14-10-31(11-15-33)32-12-16-34(17-13-32)45(56)49-23-30-8-18-36(19-9-30)61(57,58)53-37-20-7-26(3)40-35(22-47)24-48-43(37)40/h7-20,24-25,38,48,53H,21,23H2,1-6H3,(H,49,56)/t38-/m0/s1. The Balaban J connectivity index is 0.948. The Hall–Kier alpha value is -6.89. The number of fused-ring (bicyclic) bond motifs is 4. The van der Waals surface area contributed by atoms with Gasteiger partial charge < -0.3 is 15.0 Å². The van der Waals surface area contributed by atoms with Gasteiger partial charge in [0.25, 0.3) is 15.9 Å². The van der Waals surface area contributed by atoms with Crippen LogP contribution in [0, 0.1) is 39.0 Å². The third-order valence-electron chi connectivity index (χ3n) is 10.7. The molecule has 1 aliphatic heterocycles. The number of aliphatic imine (C=N–C) groups is 1. The Morgan fingerprint density at radius 1 is 0.918 bits per heavy atom. The second-order valence-electron chi connectivity index (χ2n) is 15.2. The van der Waals surface area contributed by atoms with E-state index < -0.39 is 16.1 Å². The van der Waals surface area contributed by atoms with E-state index in [0.717, 1.165) is 60.4 Å². The second-order valence-corrected chi connectivity index (χ2v) is 18.1. The molecule has 0 saturated carbocycles. The molecule has 4 aromatic carbocycles. The molecule has 0 unspecified atom stereocenters. The maximum Gasteiger partial charge on any atom is 0.308 e. The van der Waals surface area contributed by atoms with Gasteiger partial charge >= 0.3 is 5.97 Å². The molecular formula is C46H42N8O5S2. The Labute approximate surface area is 357 Å². The Kier molecular flexibility index (Phi) is 10.9. The zero-order valence-electron chi connectivity index (χ0n) is 34.3. The van der Waals surface area contributed by atoms with Crippen molar-refractivity contribution in [2.45, 2.75) is 71.5 Å². The van der Waals surface area contributed by atoms with Crippen LogP contribution in [0.15, 0.2) is 101 Å². The van der Waals surface area contributed by atoms with E-state index in [0.29, 0.717) is 33.5 Å². The van der Waals surface area contributed by atoms with Crippen molar-refractivity contribution in [1.29, 1.82) is 5.26 Å². The summed E-state index contributed by atoms with van der Waals surface area (Å²) in [4.78, 5) is 35.5. The summed E-state index contributed by atoms with van der Waals surface area (Å²) in [6.45, 7) is 11.8. The number of aromatic amines is 1. The van der Waals surface area contributed by atoms with Crippen molar-refractivity contribution >= 4 is 55.5 Å². The van der Waals surface area contributed by atoms with Crippen LogP contribution < -0.4 is 10.0 Å². The number of ether oxygens (including phenoxy) is 1. The molecule has 0 bridgehead atoms. The molecule has 0 spiro atoms. The van der Waals surface area contributed by atoms with E-state index in [2.05, 4.69) is 45.1 Å². The summed E-state index contributed by atoms with van der Waals surface area (Å²) in [6, 6.07) is 26.7. The molecule has 0 radical (unpaired) electrons. The SMILES string of the molecule is Cc1sc2c(c1C)C(c1ccc(-c3ccc(C(=O)NCc4ccc(S(=O)(=O)Nc5ccc(C)c6c(C#N)c[nH]c56)cc4)cc3)cc1)=N[C@@H](CC(=O)OC(C)C)c1nnc(C)n1-2. The lowest BCUT2D eigenvalue weighted by molar-refractivity contribution is -0.147. The third kappa shape index (κ3) is 7.95. The smallest absolute Gasteiger partial charge is 0.308 e. The van der Waals surface area contributed by atoms with Crippen LogP contribution in [0.25, 0.3) is 27.0 Å². The number of aryl methyl sites for hydroxylation is 3. The molecule has 1 aliphatic rings. The van der Waals surface area contributed by atoms with Crippen LogP contribution in [0.2, 0.25) is 0 Å². The molecule has 15 heteroatoms. The summed E-state index contributed by atoms with van der Waals surface area (Å²) in [7, 11) is -3.94. The van der Waals surface area contributed by atoms with Crippen LogP contribution in [-0.4, -0.2) is 51.9 Å². The van der Waals surface area contributed by atoms with Gasteiger partial charge in [0.2, 0.25) is 0 Å². The number of nitrogens with zero attached hydrogens (tertiary/aromatic N) is 5. The summed E-state index contributed by atoms with van der Waals surface area (Å²) in [6.07, 6.45) is 1.33. The average Bonchev–Trinajstić information content (AvgIpc) is 3.92. The van der Waals surface area contributed by atoms with Gasteiger partial charge in [-0.3, -0.25) is 23.9 Å². The summed E-state index contributed by atoms with van der Waals surface area (Å²) in [5.41, 5.74) is 8.99. The van der Waals surface area contributed by atoms with E-state index in [1.165, 1.54) is 12.1 Å². The summed E-state index contributed by atoms with van der Waals surface area (Å²) in [5.74, 6) is 0.692. The van der Waals surface area contributed by atoms with Crippen molar-refractivity contribution in [3.63, 3.8) is 0 Å². The predicted octanol–water partition coefficient (Wildman–Crippen LogP) is 8.55. The largest absolute Gasteiger partial charge is 0.463 e. The number of aromatic nitrogens is 4. The highest BCUT2D eigenvalue weighted by Crippen LogP contribution is 2.40. The lowest BCUT2D eigenvalue weighted by atomic mass is 9.96. The van der Waals surface area contributed by atoms with Gasteiger partial charge in [0.05, 0.1) is 39.9 Å². The van der Waals surface area contributed by atoms with E-state index in [1.807, 2.05) is 68.7 Å². The van der Waals surface area contributed by atoms with E-state index in [4.69, 9.17) is 9.73 Å². The number of nitriles is 1. The zero-order chi connectivity index (χ0) is 43.2. The van der Waals surface area contributed by atoms with Gasteiger partial charge in [0.1, 0.15) is 22.9 Å². The fourth-order valence-corrected chi connectivity index (χ4v) is 9.78. The van der Waals surface area contributed by atoms with Crippen molar-refractivity contribution < 1.29 is 22.7 Å². The molecule has 1 amide bonds. The van der Waals surface area contributed by atoms with Gasteiger partial charge in [-0.15, -0.1) is 21.5 Å². The number of rotatable bonds is 11. The highest BCUT2D eigenvalue weighted by molar-refractivity contribution is 7.92. The lowest BCUT2D eigenvalue weighted by Crippen LogP contribution is -2.22. The topological polar surface area (TPSA) is 184 Å². The molecule has 13 nitrogen and oxygen atoms in total. The molecule has 0 fully saturated rings. The first kappa shape index (κ1) is 40.9. The predicted molar refractivity (Wildman–Crippen MR) is 236 cm³/mol. The molecule has 8 rings (SSSR count). The molecule has 0 saturated heterocycles. The Bertz CT molecular complexity index is 3030. The first-order valence-electron chi connectivity index (χ1n) is 19.6. The quantitative estimate of drug-likeness (QED) is 0.108. The van der Waals surface area contributed by atoms with Gasteiger partial charge in [-0.2, -0.15) is 5.26 Å². The number of amides is 1. The summed E-state index contributed by atoms with van der Waals surface area (Å²) >= 11 is 1.65. The van der Waals surface area contributed by atoms with Gasteiger partial charge in [-0.1, -0.05) is 54.6 Å². The van der Waals surface area contributed by atoms with Gasteiger partial charge in [0, 0.05) is 39.7 Å². The number of H-pyrrole nitrogens is 1. The van der Waals surface area contributed by atoms with E-state index in [-0.39, 0.29) is 35.8 Å².